The lowest BCUT2D eigenvalue weighted by Crippen LogP contribution is -2.50. The molecule has 0 fully saturated rings. The van der Waals surface area contributed by atoms with Crippen molar-refractivity contribution in [3.05, 3.63) is 35.9 Å². The van der Waals surface area contributed by atoms with Crippen LogP contribution in [0.25, 0.3) is 0 Å². The first kappa shape index (κ1) is 22.8. The predicted molar refractivity (Wildman–Crippen MR) is 104 cm³/mol. The Morgan fingerprint density at radius 3 is 2.26 bits per heavy atom. The smallest absolute Gasteiger partial charge is 0.408 e. The molecule has 5 N–H and O–H groups in total. The van der Waals surface area contributed by atoms with Gasteiger partial charge in [0.2, 0.25) is 11.6 Å². The van der Waals surface area contributed by atoms with Crippen LogP contribution < -0.4 is 16.8 Å². The van der Waals surface area contributed by atoms with Gasteiger partial charge >= 0.3 is 6.09 Å². The monoisotopic (exact) mass is 377 g/mol. The number of amides is 1. The molecule has 0 aliphatic carbocycles. The van der Waals surface area contributed by atoms with Crippen molar-refractivity contribution >= 4 is 17.7 Å². The summed E-state index contributed by atoms with van der Waals surface area (Å²) in [6.07, 6.45) is 1.21. The van der Waals surface area contributed by atoms with Crippen molar-refractivity contribution in [2.45, 2.75) is 64.1 Å². The molecule has 1 aromatic rings. The van der Waals surface area contributed by atoms with Gasteiger partial charge in [-0.1, -0.05) is 36.8 Å². The second kappa shape index (κ2) is 10.8. The molecular formula is C20H31N3O4. The summed E-state index contributed by atoms with van der Waals surface area (Å²) in [6.45, 7) is 5.67. The van der Waals surface area contributed by atoms with Gasteiger partial charge < -0.3 is 21.5 Å². The van der Waals surface area contributed by atoms with E-state index in [9.17, 15) is 14.4 Å². The zero-order valence-electron chi connectivity index (χ0n) is 16.4. The van der Waals surface area contributed by atoms with Crippen molar-refractivity contribution in [2.24, 2.45) is 11.5 Å². The number of nitrogens with two attached hydrogens (primary N) is 2. The number of rotatable bonds is 10. The van der Waals surface area contributed by atoms with Gasteiger partial charge in [0, 0.05) is 6.42 Å². The topological polar surface area (TPSA) is 125 Å². The minimum Gasteiger partial charge on any atom is -0.444 e. The van der Waals surface area contributed by atoms with Crippen LogP contribution in [0.1, 0.15) is 45.6 Å². The molecule has 0 radical (unpaired) electrons. The maximum atomic E-state index is 12.7. The number of hydrogen-bond acceptors (Lipinski definition) is 6. The number of benzene rings is 1. The molecule has 27 heavy (non-hydrogen) atoms. The zero-order valence-corrected chi connectivity index (χ0v) is 16.4. The molecule has 0 unspecified atom stereocenters. The highest BCUT2D eigenvalue weighted by molar-refractivity contribution is 6.41. The summed E-state index contributed by atoms with van der Waals surface area (Å²) in [5.41, 5.74) is 11.4. The van der Waals surface area contributed by atoms with E-state index in [2.05, 4.69) is 5.32 Å². The quantitative estimate of drug-likeness (QED) is 0.421. The third kappa shape index (κ3) is 8.79. The molecule has 0 bridgehead atoms. The molecule has 1 rings (SSSR count). The Balaban J connectivity index is 2.86. The van der Waals surface area contributed by atoms with Crippen molar-refractivity contribution in [3.8, 4) is 0 Å². The molecular weight excluding hydrogens is 346 g/mol. The lowest BCUT2D eigenvalue weighted by Gasteiger charge is -2.23. The van der Waals surface area contributed by atoms with Gasteiger partial charge in [-0.2, -0.15) is 0 Å². The maximum absolute atomic E-state index is 12.7. The Kier molecular flexibility index (Phi) is 9.11. The summed E-state index contributed by atoms with van der Waals surface area (Å²) in [5.74, 6) is -1.41. The van der Waals surface area contributed by atoms with E-state index < -0.39 is 35.3 Å². The number of carbonyl (C=O) groups is 3. The fraction of sp³-hybridized carbons (Fsp3) is 0.550. The van der Waals surface area contributed by atoms with Crippen molar-refractivity contribution in [1.29, 1.82) is 0 Å². The summed E-state index contributed by atoms with van der Waals surface area (Å²) in [6, 6.07) is 7.21. The minimum atomic E-state index is -1.03. The lowest BCUT2D eigenvalue weighted by atomic mass is 9.95. The Morgan fingerprint density at radius 2 is 1.70 bits per heavy atom. The summed E-state index contributed by atoms with van der Waals surface area (Å²) in [4.78, 5) is 37.3. The van der Waals surface area contributed by atoms with Crippen LogP contribution in [0.4, 0.5) is 4.79 Å². The van der Waals surface area contributed by atoms with Gasteiger partial charge in [-0.05, 0) is 45.7 Å². The second-order valence-electron chi connectivity index (χ2n) is 7.51. The molecule has 0 saturated carbocycles. The zero-order chi connectivity index (χ0) is 20.4. The van der Waals surface area contributed by atoms with Gasteiger partial charge in [0.05, 0.1) is 6.04 Å². The molecule has 2 atom stereocenters. The normalized spacial score (nSPS) is 13.5. The number of Topliss-reactive ketones (excluding diaryl/α,β-unsaturated/α-hetero) is 2. The van der Waals surface area contributed by atoms with Crippen LogP contribution in [0.15, 0.2) is 30.3 Å². The summed E-state index contributed by atoms with van der Waals surface area (Å²) in [5, 5.41) is 2.52. The highest BCUT2D eigenvalue weighted by Gasteiger charge is 2.31. The molecule has 0 aliphatic rings. The van der Waals surface area contributed by atoms with Crippen molar-refractivity contribution in [1.82, 2.24) is 5.32 Å². The summed E-state index contributed by atoms with van der Waals surface area (Å²) in [7, 11) is 0. The Morgan fingerprint density at radius 1 is 1.07 bits per heavy atom. The van der Waals surface area contributed by atoms with E-state index in [4.69, 9.17) is 16.2 Å². The van der Waals surface area contributed by atoms with Crippen LogP contribution in [0.5, 0.6) is 0 Å². The van der Waals surface area contributed by atoms with Crippen LogP contribution in [-0.2, 0) is 20.7 Å². The fourth-order valence-corrected chi connectivity index (χ4v) is 2.50. The maximum Gasteiger partial charge on any atom is 0.408 e. The molecule has 150 valence electrons. The average Bonchev–Trinajstić information content (AvgIpc) is 2.59. The molecule has 0 saturated heterocycles. The van der Waals surface area contributed by atoms with Crippen LogP contribution in [0.3, 0.4) is 0 Å². The molecule has 7 nitrogen and oxygen atoms in total. The summed E-state index contributed by atoms with van der Waals surface area (Å²) < 4.78 is 5.22. The molecule has 7 heteroatoms. The first-order valence-electron chi connectivity index (χ1n) is 9.21. The van der Waals surface area contributed by atoms with Gasteiger partial charge in [0.1, 0.15) is 11.6 Å². The minimum absolute atomic E-state index is 0.181. The number of ether oxygens (including phenoxy) is 1. The van der Waals surface area contributed by atoms with Crippen LogP contribution >= 0.6 is 0 Å². The Labute approximate surface area is 160 Å². The molecule has 1 amide bonds. The number of nitrogens with one attached hydrogen (secondary N) is 1. The third-order valence-electron chi connectivity index (χ3n) is 3.84. The highest BCUT2D eigenvalue weighted by atomic mass is 16.6. The van der Waals surface area contributed by atoms with E-state index in [1.807, 2.05) is 30.3 Å². The third-order valence-corrected chi connectivity index (χ3v) is 3.84. The van der Waals surface area contributed by atoms with E-state index >= 15 is 0 Å². The second-order valence-corrected chi connectivity index (χ2v) is 7.51. The SMILES string of the molecule is CC(C)(C)OC(=O)N[C@@H](Cc1ccccc1)C(=O)C(=O)[C@@H](N)CCCCN. The Bertz CT molecular complexity index is 626. The van der Waals surface area contributed by atoms with Crippen molar-refractivity contribution in [3.63, 3.8) is 0 Å². The molecule has 1 aromatic carbocycles. The summed E-state index contributed by atoms with van der Waals surface area (Å²) >= 11 is 0. The Hall–Kier alpha value is -2.25. The fourth-order valence-electron chi connectivity index (χ4n) is 2.50. The van der Waals surface area contributed by atoms with E-state index in [1.165, 1.54) is 0 Å². The number of alkyl carbamates (subject to hydrolysis) is 1. The highest BCUT2D eigenvalue weighted by Crippen LogP contribution is 2.10. The number of hydrogen-bond donors (Lipinski definition) is 3. The van der Waals surface area contributed by atoms with E-state index in [0.717, 1.165) is 12.0 Å². The van der Waals surface area contributed by atoms with E-state index in [0.29, 0.717) is 19.4 Å². The van der Waals surface area contributed by atoms with E-state index in [1.54, 1.807) is 20.8 Å². The van der Waals surface area contributed by atoms with Gasteiger partial charge in [-0.3, -0.25) is 9.59 Å². The van der Waals surface area contributed by atoms with Crippen LogP contribution in [-0.4, -0.2) is 41.9 Å². The number of carbonyl (C=O) groups excluding carboxylic acids is 3. The van der Waals surface area contributed by atoms with Crippen molar-refractivity contribution < 1.29 is 19.1 Å². The van der Waals surface area contributed by atoms with Gasteiger partial charge in [0.15, 0.2) is 0 Å². The van der Waals surface area contributed by atoms with Gasteiger partial charge in [0.25, 0.3) is 0 Å². The van der Waals surface area contributed by atoms with Crippen molar-refractivity contribution in [2.75, 3.05) is 6.54 Å². The molecule has 0 aromatic heterocycles. The first-order chi connectivity index (χ1) is 12.6. The van der Waals surface area contributed by atoms with Crippen LogP contribution in [0.2, 0.25) is 0 Å². The largest absolute Gasteiger partial charge is 0.444 e. The average molecular weight is 377 g/mol. The number of unbranched alkanes of at least 4 members (excludes halogenated alkanes) is 1. The first-order valence-corrected chi connectivity index (χ1v) is 9.21. The van der Waals surface area contributed by atoms with E-state index in [-0.39, 0.29) is 6.42 Å². The standard InChI is InChI=1S/C20H31N3O4/c1-20(2,3)27-19(26)23-16(13-14-9-5-4-6-10-14)18(25)17(24)15(22)11-7-8-12-21/h4-6,9-10,15-16H,7-8,11-13,21-22H2,1-3H3,(H,23,26)/t15-,16-/m0/s1. The molecule has 0 spiro atoms. The number of ketones is 2. The van der Waals surface area contributed by atoms with Gasteiger partial charge in [-0.15, -0.1) is 0 Å². The molecule has 0 aliphatic heterocycles. The van der Waals surface area contributed by atoms with Crippen LogP contribution in [0, 0.1) is 0 Å². The van der Waals surface area contributed by atoms with Gasteiger partial charge in [-0.25, -0.2) is 4.79 Å². The predicted octanol–water partition coefficient (Wildman–Crippen LogP) is 1.72. The lowest BCUT2D eigenvalue weighted by molar-refractivity contribution is -0.138. The molecule has 0 heterocycles.